The molecule has 0 bridgehead atoms. The van der Waals surface area contributed by atoms with Crippen LogP contribution in [0.25, 0.3) is 0 Å². The molecule has 1 rings (SSSR count). The zero-order valence-corrected chi connectivity index (χ0v) is 26.4. The van der Waals surface area contributed by atoms with Crippen molar-refractivity contribution in [1.82, 2.24) is 0 Å². The molecule has 0 fully saturated rings. The van der Waals surface area contributed by atoms with Crippen LogP contribution in [0.1, 0.15) is 6.92 Å². The molecule has 0 heterocycles. The van der Waals surface area contributed by atoms with Gasteiger partial charge in [0.05, 0.1) is 126 Å². The smallest absolute Gasteiger partial charge is 0.329 e. The van der Waals surface area contributed by atoms with Crippen molar-refractivity contribution < 1.29 is 66.8 Å². The summed E-state index contributed by atoms with van der Waals surface area (Å²) in [6.45, 7) is 10.1. The first-order valence-electron chi connectivity index (χ1n) is 15.1. The molecule has 0 aliphatic heterocycles. The number of amides is 1. The van der Waals surface area contributed by atoms with Gasteiger partial charge in [-0.2, -0.15) is 0 Å². The lowest BCUT2D eigenvalue weighted by molar-refractivity contribution is -0.142. The normalized spacial score (nSPS) is 11.1. The Kier molecular flexibility index (Phi) is 28.4. The number of nitrogens with one attached hydrogen (secondary N) is 1. The summed E-state index contributed by atoms with van der Waals surface area (Å²) in [5.74, 6) is -0.401. The van der Waals surface area contributed by atoms with Gasteiger partial charge < -0.3 is 62.5 Å². The lowest BCUT2D eigenvalue weighted by Gasteiger charge is -2.09. The van der Waals surface area contributed by atoms with Gasteiger partial charge in [-0.3, -0.25) is 4.79 Å². The number of hydrogen-bond acceptors (Lipinski definition) is 13. The Morgan fingerprint density at radius 3 is 1.07 bits per heavy atom. The Labute approximate surface area is 265 Å². The standard InChI is InChI=1S/C30H51NO14/c1-27(32)31-28-2-4-29(5-3-28)45-25-24-43-21-20-41-17-16-39-13-12-37-9-8-35-6-7-36-10-11-38-14-15-40-18-19-42-22-23-44-26-30(33)34/h2-5H,6-26H2,1H3,(H,31,32)(H,33,34). The number of ether oxygens (including phenoxy) is 11. The molecule has 2 N–H and O–H groups in total. The van der Waals surface area contributed by atoms with E-state index in [2.05, 4.69) is 5.32 Å². The summed E-state index contributed by atoms with van der Waals surface area (Å²) in [6.07, 6.45) is 0. The molecule has 0 unspecified atom stereocenters. The van der Waals surface area contributed by atoms with Crippen LogP contribution in [0.4, 0.5) is 5.69 Å². The average Bonchev–Trinajstić information content (AvgIpc) is 3.02. The van der Waals surface area contributed by atoms with Crippen molar-refractivity contribution in [2.24, 2.45) is 0 Å². The van der Waals surface area contributed by atoms with Gasteiger partial charge in [-0.25, -0.2) is 4.79 Å². The van der Waals surface area contributed by atoms with Gasteiger partial charge in [0.15, 0.2) is 0 Å². The quantitative estimate of drug-likeness (QED) is 0.102. The molecule has 1 aromatic carbocycles. The van der Waals surface area contributed by atoms with Gasteiger partial charge >= 0.3 is 5.97 Å². The lowest BCUT2D eigenvalue weighted by Crippen LogP contribution is -2.15. The Morgan fingerprint density at radius 2 is 0.778 bits per heavy atom. The number of carboxylic acids is 1. The fourth-order valence-electron chi connectivity index (χ4n) is 3.19. The topological polar surface area (TPSA) is 168 Å². The Balaban J connectivity index is 1.67. The van der Waals surface area contributed by atoms with Gasteiger partial charge in [-0.1, -0.05) is 0 Å². The summed E-state index contributed by atoms with van der Waals surface area (Å²) in [4.78, 5) is 21.3. The largest absolute Gasteiger partial charge is 0.491 e. The summed E-state index contributed by atoms with van der Waals surface area (Å²) >= 11 is 0. The summed E-state index contributed by atoms with van der Waals surface area (Å²) in [5.41, 5.74) is 0.726. The van der Waals surface area contributed by atoms with Crippen molar-refractivity contribution in [3.8, 4) is 5.75 Å². The van der Waals surface area contributed by atoms with Gasteiger partial charge in [0.25, 0.3) is 0 Å². The van der Waals surface area contributed by atoms with Crippen LogP contribution >= 0.6 is 0 Å². The molecule has 0 aliphatic carbocycles. The molecule has 0 radical (unpaired) electrons. The molecular weight excluding hydrogens is 598 g/mol. The first-order chi connectivity index (χ1) is 22.1. The number of hydrogen-bond donors (Lipinski definition) is 2. The Bertz CT molecular complexity index is 814. The molecule has 260 valence electrons. The molecule has 45 heavy (non-hydrogen) atoms. The van der Waals surface area contributed by atoms with Gasteiger partial charge in [0.1, 0.15) is 19.0 Å². The van der Waals surface area contributed by atoms with E-state index in [9.17, 15) is 9.59 Å². The number of carbonyl (C=O) groups is 2. The number of carboxylic acid groups (broad SMARTS) is 1. The first-order valence-corrected chi connectivity index (χ1v) is 15.1. The van der Waals surface area contributed by atoms with Crippen LogP contribution in [0.5, 0.6) is 5.75 Å². The third-order valence-corrected chi connectivity index (χ3v) is 5.24. The van der Waals surface area contributed by atoms with E-state index in [4.69, 9.17) is 57.2 Å². The second-order valence-electron chi connectivity index (χ2n) is 9.01. The zero-order valence-electron chi connectivity index (χ0n) is 26.4. The Hall–Kier alpha value is -2.44. The minimum atomic E-state index is -0.999. The van der Waals surface area contributed by atoms with Crippen molar-refractivity contribution in [1.29, 1.82) is 0 Å². The predicted molar refractivity (Wildman–Crippen MR) is 162 cm³/mol. The number of anilines is 1. The molecule has 15 nitrogen and oxygen atoms in total. The highest BCUT2D eigenvalue weighted by atomic mass is 16.6. The zero-order chi connectivity index (χ0) is 32.5. The van der Waals surface area contributed by atoms with Crippen molar-refractivity contribution >= 4 is 17.6 Å². The molecule has 0 saturated heterocycles. The van der Waals surface area contributed by atoms with Crippen LogP contribution in [0.15, 0.2) is 24.3 Å². The van der Waals surface area contributed by atoms with Gasteiger partial charge in [0.2, 0.25) is 5.91 Å². The highest BCUT2D eigenvalue weighted by Gasteiger charge is 1.99. The van der Waals surface area contributed by atoms with Gasteiger partial charge in [-0.05, 0) is 24.3 Å². The lowest BCUT2D eigenvalue weighted by atomic mass is 10.3. The van der Waals surface area contributed by atoms with Crippen LogP contribution < -0.4 is 10.1 Å². The maximum atomic E-state index is 11.0. The minimum Gasteiger partial charge on any atom is -0.491 e. The van der Waals surface area contributed by atoms with E-state index < -0.39 is 5.97 Å². The number of rotatable bonds is 34. The fraction of sp³-hybridized carbons (Fsp3) is 0.733. The monoisotopic (exact) mass is 649 g/mol. The SMILES string of the molecule is CC(=O)Nc1ccc(OCCOCCOCCOCCOCCOCCOCCOCCOCCOCCOCC(=O)O)cc1. The number of aliphatic carboxylic acids is 1. The molecule has 0 aliphatic rings. The highest BCUT2D eigenvalue weighted by Crippen LogP contribution is 2.15. The second-order valence-corrected chi connectivity index (χ2v) is 9.01. The third kappa shape index (κ3) is 30.0. The molecule has 1 aromatic rings. The van der Waals surface area contributed by atoms with Crippen LogP contribution in [0.2, 0.25) is 0 Å². The summed E-state index contributed by atoms with van der Waals surface area (Å²) in [7, 11) is 0. The molecule has 0 atom stereocenters. The minimum absolute atomic E-state index is 0.113. The van der Waals surface area contributed by atoms with Gasteiger partial charge in [0, 0.05) is 12.6 Å². The molecule has 0 saturated carbocycles. The van der Waals surface area contributed by atoms with Crippen molar-refractivity contribution in [2.45, 2.75) is 6.92 Å². The predicted octanol–water partition coefficient (Wildman–Crippen LogP) is 1.27. The average molecular weight is 650 g/mol. The van der Waals surface area contributed by atoms with E-state index in [0.29, 0.717) is 131 Å². The summed E-state index contributed by atoms with van der Waals surface area (Å²) < 4.78 is 59.2. The maximum absolute atomic E-state index is 11.0. The van der Waals surface area contributed by atoms with E-state index in [1.54, 1.807) is 24.3 Å². The second kappa shape index (κ2) is 31.5. The molecule has 0 aromatic heterocycles. The number of carbonyl (C=O) groups excluding carboxylic acids is 1. The van der Waals surface area contributed by atoms with Crippen LogP contribution in [0.3, 0.4) is 0 Å². The fourth-order valence-corrected chi connectivity index (χ4v) is 3.19. The summed E-state index contributed by atoms with van der Waals surface area (Å²) in [5, 5.41) is 11.1. The van der Waals surface area contributed by atoms with E-state index in [-0.39, 0.29) is 19.1 Å². The molecular formula is C30H51NO14. The molecule has 15 heteroatoms. The van der Waals surface area contributed by atoms with E-state index in [1.165, 1.54) is 6.92 Å². The first kappa shape index (κ1) is 40.6. The molecule has 1 amide bonds. The molecule has 0 spiro atoms. The number of benzene rings is 1. The van der Waals surface area contributed by atoms with Crippen molar-refractivity contribution in [3.05, 3.63) is 24.3 Å². The van der Waals surface area contributed by atoms with Crippen LogP contribution in [-0.2, 0) is 57.0 Å². The van der Waals surface area contributed by atoms with E-state index in [1.807, 2.05) is 0 Å². The highest BCUT2D eigenvalue weighted by molar-refractivity contribution is 5.88. The van der Waals surface area contributed by atoms with E-state index >= 15 is 0 Å². The van der Waals surface area contributed by atoms with E-state index in [0.717, 1.165) is 5.69 Å². The van der Waals surface area contributed by atoms with Gasteiger partial charge in [-0.15, -0.1) is 0 Å². The Morgan fingerprint density at radius 1 is 0.489 bits per heavy atom. The van der Waals surface area contributed by atoms with Crippen LogP contribution in [-0.4, -0.2) is 156 Å². The van der Waals surface area contributed by atoms with Crippen molar-refractivity contribution in [3.63, 3.8) is 0 Å². The third-order valence-electron chi connectivity index (χ3n) is 5.24. The van der Waals surface area contributed by atoms with Crippen LogP contribution in [0, 0.1) is 0 Å². The van der Waals surface area contributed by atoms with Crippen molar-refractivity contribution in [2.75, 3.05) is 144 Å². The maximum Gasteiger partial charge on any atom is 0.329 e. The summed E-state index contributed by atoms with van der Waals surface area (Å²) in [6, 6.07) is 7.15.